The normalized spacial score (nSPS) is 18.4. The molecule has 0 N–H and O–H groups in total. The number of piperidine rings is 1. The van der Waals surface area contributed by atoms with Gasteiger partial charge in [-0.05, 0) is 63.3 Å². The lowest BCUT2D eigenvalue weighted by atomic mass is 9.97. The van der Waals surface area contributed by atoms with Gasteiger partial charge in [0.15, 0.2) is 11.0 Å². The monoisotopic (exact) mass is 356 g/mol. The van der Waals surface area contributed by atoms with Gasteiger partial charge in [-0.1, -0.05) is 0 Å². The van der Waals surface area contributed by atoms with E-state index in [2.05, 4.69) is 0 Å². The fraction of sp³-hybridized carbons (Fsp3) is 0.647. The van der Waals surface area contributed by atoms with E-state index in [1.165, 1.54) is 0 Å². The van der Waals surface area contributed by atoms with Crippen LogP contribution in [0.2, 0.25) is 5.22 Å². The smallest absolute Gasteiger partial charge is 0.410 e. The minimum atomic E-state index is -0.515. The van der Waals surface area contributed by atoms with Crippen molar-refractivity contribution < 1.29 is 18.7 Å². The van der Waals surface area contributed by atoms with Crippen molar-refractivity contribution >= 4 is 23.6 Å². The molecule has 1 aliphatic heterocycles. The summed E-state index contributed by atoms with van der Waals surface area (Å²) in [5, 5.41) is 0.205. The van der Waals surface area contributed by atoms with Gasteiger partial charge in [-0.25, -0.2) is 4.79 Å². The molecular weight excluding hydrogens is 332 g/mol. The van der Waals surface area contributed by atoms with Crippen molar-refractivity contribution in [2.45, 2.75) is 39.2 Å². The molecule has 0 aliphatic carbocycles. The Morgan fingerprint density at radius 3 is 2.71 bits per heavy atom. The first-order valence-electron chi connectivity index (χ1n) is 8.14. The highest BCUT2D eigenvalue weighted by Gasteiger charge is 2.28. The third kappa shape index (κ3) is 5.16. The minimum absolute atomic E-state index is 0.161. The molecule has 1 aliphatic rings. The Balaban J connectivity index is 1.91. The molecule has 2 amide bonds. The number of hydrogen-bond acceptors (Lipinski definition) is 4. The van der Waals surface area contributed by atoms with Gasteiger partial charge >= 0.3 is 6.09 Å². The number of amides is 2. The van der Waals surface area contributed by atoms with Gasteiger partial charge in [0.05, 0.1) is 0 Å². The van der Waals surface area contributed by atoms with E-state index in [4.69, 9.17) is 20.8 Å². The van der Waals surface area contributed by atoms with Crippen LogP contribution in [0.15, 0.2) is 16.5 Å². The van der Waals surface area contributed by atoms with Crippen LogP contribution >= 0.6 is 11.6 Å². The van der Waals surface area contributed by atoms with Gasteiger partial charge in [-0.2, -0.15) is 0 Å². The summed E-state index contributed by atoms with van der Waals surface area (Å²) >= 11 is 5.73. The lowest BCUT2D eigenvalue weighted by Gasteiger charge is -2.34. The average Bonchev–Trinajstić information content (AvgIpc) is 2.91. The predicted molar refractivity (Wildman–Crippen MR) is 91.2 cm³/mol. The van der Waals surface area contributed by atoms with E-state index < -0.39 is 5.60 Å². The number of ether oxygens (including phenoxy) is 1. The standard InChI is InChI=1S/C17H25ClN2O4/c1-17(2,3)24-16(22)19(4)10-12-6-5-9-20(11-12)15(21)13-7-8-14(18)23-13/h7-8,12H,5-6,9-11H2,1-4H3. The molecule has 1 aromatic heterocycles. The third-order valence-corrected chi connectivity index (χ3v) is 4.03. The van der Waals surface area contributed by atoms with Crippen LogP contribution in [0.25, 0.3) is 0 Å². The van der Waals surface area contributed by atoms with Crippen molar-refractivity contribution in [3.05, 3.63) is 23.1 Å². The van der Waals surface area contributed by atoms with Gasteiger partial charge < -0.3 is 19.0 Å². The van der Waals surface area contributed by atoms with E-state index in [9.17, 15) is 9.59 Å². The fourth-order valence-electron chi connectivity index (χ4n) is 2.79. The quantitative estimate of drug-likeness (QED) is 0.829. The number of likely N-dealkylation sites (tertiary alicyclic amines) is 1. The highest BCUT2D eigenvalue weighted by Crippen LogP contribution is 2.22. The largest absolute Gasteiger partial charge is 0.444 e. The van der Waals surface area contributed by atoms with Crippen molar-refractivity contribution in [1.29, 1.82) is 0 Å². The van der Waals surface area contributed by atoms with Crippen molar-refractivity contribution in [2.75, 3.05) is 26.7 Å². The van der Waals surface area contributed by atoms with Crippen molar-refractivity contribution in [3.63, 3.8) is 0 Å². The van der Waals surface area contributed by atoms with Gasteiger partial charge in [0.2, 0.25) is 0 Å². The first-order chi connectivity index (χ1) is 11.2. The number of furan rings is 1. The maximum Gasteiger partial charge on any atom is 0.410 e. The summed E-state index contributed by atoms with van der Waals surface area (Å²) in [5.74, 6) is 0.304. The number of carbonyl (C=O) groups excluding carboxylic acids is 2. The van der Waals surface area contributed by atoms with E-state index in [0.29, 0.717) is 19.6 Å². The maximum atomic E-state index is 12.4. The Morgan fingerprint density at radius 1 is 1.42 bits per heavy atom. The Morgan fingerprint density at radius 2 is 2.12 bits per heavy atom. The van der Waals surface area contributed by atoms with E-state index in [1.807, 2.05) is 20.8 Å². The molecule has 24 heavy (non-hydrogen) atoms. The summed E-state index contributed by atoms with van der Waals surface area (Å²) in [4.78, 5) is 27.8. The second kappa shape index (κ2) is 7.47. The maximum absolute atomic E-state index is 12.4. The molecule has 2 rings (SSSR count). The van der Waals surface area contributed by atoms with Gasteiger partial charge in [-0.3, -0.25) is 4.79 Å². The zero-order valence-corrected chi connectivity index (χ0v) is 15.4. The van der Waals surface area contributed by atoms with Crippen LogP contribution in [0.1, 0.15) is 44.2 Å². The molecule has 0 bridgehead atoms. The molecule has 0 spiro atoms. The summed E-state index contributed by atoms with van der Waals surface area (Å²) < 4.78 is 10.6. The van der Waals surface area contributed by atoms with Crippen LogP contribution in [0.4, 0.5) is 4.79 Å². The summed E-state index contributed by atoms with van der Waals surface area (Å²) in [6, 6.07) is 3.15. The SMILES string of the molecule is CN(CC1CCCN(C(=O)c2ccc(Cl)o2)C1)C(=O)OC(C)(C)C. The number of hydrogen-bond donors (Lipinski definition) is 0. The van der Waals surface area contributed by atoms with Gasteiger partial charge in [0, 0.05) is 26.7 Å². The molecule has 6 nitrogen and oxygen atoms in total. The number of nitrogens with zero attached hydrogens (tertiary/aromatic N) is 2. The predicted octanol–water partition coefficient (Wildman–Crippen LogP) is 3.65. The molecule has 1 aromatic rings. The highest BCUT2D eigenvalue weighted by molar-refractivity contribution is 6.29. The Kier molecular flexibility index (Phi) is 5.80. The van der Waals surface area contributed by atoms with Crippen molar-refractivity contribution in [2.24, 2.45) is 5.92 Å². The zero-order valence-electron chi connectivity index (χ0n) is 14.7. The van der Waals surface area contributed by atoms with Crippen LogP contribution in [-0.2, 0) is 4.74 Å². The van der Waals surface area contributed by atoms with Crippen LogP contribution < -0.4 is 0 Å². The summed E-state index contributed by atoms with van der Waals surface area (Å²) in [5.41, 5.74) is -0.515. The molecule has 134 valence electrons. The minimum Gasteiger partial charge on any atom is -0.444 e. The zero-order chi connectivity index (χ0) is 17.9. The van der Waals surface area contributed by atoms with Crippen LogP contribution in [-0.4, -0.2) is 54.1 Å². The van der Waals surface area contributed by atoms with Gasteiger partial charge in [0.1, 0.15) is 5.60 Å². The van der Waals surface area contributed by atoms with E-state index in [0.717, 1.165) is 12.8 Å². The molecule has 7 heteroatoms. The summed E-state index contributed by atoms with van der Waals surface area (Å²) in [6.07, 6.45) is 1.52. The lowest BCUT2D eigenvalue weighted by Crippen LogP contribution is -2.44. The molecular formula is C17H25ClN2O4. The topological polar surface area (TPSA) is 63.0 Å². The molecule has 1 atom stereocenters. The third-order valence-electron chi connectivity index (χ3n) is 3.83. The fourth-order valence-corrected chi connectivity index (χ4v) is 2.93. The Hall–Kier alpha value is -1.69. The van der Waals surface area contributed by atoms with Crippen LogP contribution in [0.5, 0.6) is 0 Å². The summed E-state index contributed by atoms with van der Waals surface area (Å²) in [6.45, 7) is 7.35. The first kappa shape index (κ1) is 18.6. The van der Waals surface area contributed by atoms with Crippen molar-refractivity contribution in [1.82, 2.24) is 9.80 Å². The molecule has 1 unspecified atom stereocenters. The van der Waals surface area contributed by atoms with E-state index in [1.54, 1.807) is 29.0 Å². The Bertz CT molecular complexity index is 594. The molecule has 1 saturated heterocycles. The lowest BCUT2D eigenvalue weighted by molar-refractivity contribution is 0.0242. The second-order valence-electron chi connectivity index (χ2n) is 7.22. The Labute approximate surface area is 147 Å². The van der Waals surface area contributed by atoms with E-state index in [-0.39, 0.29) is 28.9 Å². The van der Waals surface area contributed by atoms with E-state index >= 15 is 0 Å². The molecule has 0 aromatic carbocycles. The van der Waals surface area contributed by atoms with Crippen LogP contribution in [0, 0.1) is 5.92 Å². The average molecular weight is 357 g/mol. The molecule has 0 saturated carbocycles. The number of rotatable bonds is 3. The number of halogens is 1. The van der Waals surface area contributed by atoms with Gasteiger partial charge in [-0.15, -0.1) is 0 Å². The molecule has 0 radical (unpaired) electrons. The van der Waals surface area contributed by atoms with Crippen molar-refractivity contribution in [3.8, 4) is 0 Å². The number of carbonyl (C=O) groups is 2. The van der Waals surface area contributed by atoms with Gasteiger partial charge in [0.25, 0.3) is 5.91 Å². The highest BCUT2D eigenvalue weighted by atomic mass is 35.5. The second-order valence-corrected chi connectivity index (χ2v) is 7.60. The summed E-state index contributed by atoms with van der Waals surface area (Å²) in [7, 11) is 1.72. The molecule has 2 heterocycles. The first-order valence-corrected chi connectivity index (χ1v) is 8.52. The molecule has 1 fully saturated rings. The van der Waals surface area contributed by atoms with Crippen LogP contribution in [0.3, 0.4) is 0 Å².